The summed E-state index contributed by atoms with van der Waals surface area (Å²) < 4.78 is 40.1. The van der Waals surface area contributed by atoms with E-state index in [1.807, 2.05) is 50.5 Å². The molecule has 2 amide bonds. The Hall–Kier alpha value is -4.24. The van der Waals surface area contributed by atoms with Gasteiger partial charge in [-0.05, 0) is 79.3 Å². The van der Waals surface area contributed by atoms with Gasteiger partial charge in [-0.15, -0.1) is 0 Å². The average Bonchev–Trinajstić information content (AvgIpc) is 3.70. The number of fused-ring (bicyclic) bond motifs is 1. The molecule has 1 saturated carbocycles. The van der Waals surface area contributed by atoms with Crippen molar-refractivity contribution in [3.8, 4) is 0 Å². The summed E-state index contributed by atoms with van der Waals surface area (Å²) in [7, 11) is 3.99. The lowest BCUT2D eigenvalue weighted by Crippen LogP contribution is -2.15. The number of nitrogens with one attached hydrogen (secondary N) is 2. The second-order valence-electron chi connectivity index (χ2n) is 10.1. The van der Waals surface area contributed by atoms with Crippen molar-refractivity contribution < 1.29 is 22.8 Å². The van der Waals surface area contributed by atoms with E-state index < -0.39 is 11.7 Å². The molecule has 1 aliphatic carbocycles. The summed E-state index contributed by atoms with van der Waals surface area (Å²) in [6.07, 6.45) is -1.77. The fourth-order valence-corrected chi connectivity index (χ4v) is 4.70. The summed E-state index contributed by atoms with van der Waals surface area (Å²) in [6, 6.07) is 19.2. The van der Waals surface area contributed by atoms with Gasteiger partial charge in [0.2, 0.25) is 5.91 Å². The lowest BCUT2D eigenvalue weighted by molar-refractivity contribution is -0.136. The molecule has 1 aromatic heterocycles. The Labute approximate surface area is 223 Å². The van der Waals surface area contributed by atoms with Gasteiger partial charge in [0, 0.05) is 47.2 Å². The number of hydrogen-bond donors (Lipinski definition) is 2. The zero-order chi connectivity index (χ0) is 27.7. The highest BCUT2D eigenvalue weighted by Crippen LogP contribution is 2.48. The molecular formula is C30H27F3N4O2. The van der Waals surface area contributed by atoms with E-state index in [0.29, 0.717) is 28.7 Å². The van der Waals surface area contributed by atoms with Crippen LogP contribution in [0.4, 0.5) is 24.5 Å². The van der Waals surface area contributed by atoms with Crippen molar-refractivity contribution in [1.29, 1.82) is 0 Å². The van der Waals surface area contributed by atoms with Crippen LogP contribution in [0.15, 0.2) is 79.1 Å². The third-order valence-corrected chi connectivity index (χ3v) is 6.77. The second-order valence-corrected chi connectivity index (χ2v) is 10.1. The maximum Gasteiger partial charge on any atom is 0.418 e. The Kier molecular flexibility index (Phi) is 7.10. The van der Waals surface area contributed by atoms with Crippen LogP contribution in [-0.4, -0.2) is 35.8 Å². The summed E-state index contributed by atoms with van der Waals surface area (Å²) >= 11 is 0. The molecule has 1 fully saturated rings. The van der Waals surface area contributed by atoms with E-state index in [1.165, 1.54) is 18.3 Å². The van der Waals surface area contributed by atoms with Crippen LogP contribution in [0.2, 0.25) is 0 Å². The normalized spacial score (nSPS) is 16.8. The summed E-state index contributed by atoms with van der Waals surface area (Å²) in [6.45, 7) is 0.814. The van der Waals surface area contributed by atoms with Gasteiger partial charge in [0.15, 0.2) is 0 Å². The predicted octanol–water partition coefficient (Wildman–Crippen LogP) is 6.31. The van der Waals surface area contributed by atoms with E-state index >= 15 is 0 Å². The van der Waals surface area contributed by atoms with Gasteiger partial charge in [-0.3, -0.25) is 14.6 Å². The molecule has 3 aromatic carbocycles. The van der Waals surface area contributed by atoms with E-state index in [1.54, 1.807) is 18.2 Å². The van der Waals surface area contributed by atoms with Crippen LogP contribution in [0.25, 0.3) is 10.8 Å². The molecule has 6 nitrogen and oxygen atoms in total. The number of nitrogens with zero attached hydrogens (tertiary/aromatic N) is 2. The number of amides is 2. The van der Waals surface area contributed by atoms with E-state index in [2.05, 4.69) is 20.5 Å². The lowest BCUT2D eigenvalue weighted by atomic mass is 10.1. The number of pyridine rings is 1. The molecular weight excluding hydrogens is 505 g/mol. The number of halogens is 3. The Balaban J connectivity index is 1.20. The van der Waals surface area contributed by atoms with Crippen molar-refractivity contribution in [2.75, 3.05) is 24.7 Å². The third kappa shape index (κ3) is 6.09. The number of carbonyl (C=O) groups is 2. The van der Waals surface area contributed by atoms with Gasteiger partial charge in [-0.2, -0.15) is 13.2 Å². The smallest absolute Gasteiger partial charge is 0.326 e. The minimum absolute atomic E-state index is 0.0123. The number of alkyl halides is 3. The number of benzene rings is 3. The minimum Gasteiger partial charge on any atom is -0.326 e. The predicted molar refractivity (Wildman–Crippen MR) is 144 cm³/mol. The van der Waals surface area contributed by atoms with Crippen LogP contribution >= 0.6 is 0 Å². The number of aromatic nitrogens is 1. The van der Waals surface area contributed by atoms with Crippen molar-refractivity contribution in [3.05, 3.63) is 101 Å². The number of carbonyl (C=O) groups excluding carboxylic acids is 2. The first-order valence-corrected chi connectivity index (χ1v) is 12.5. The quantitative estimate of drug-likeness (QED) is 0.293. The number of rotatable bonds is 7. The van der Waals surface area contributed by atoms with E-state index in [4.69, 9.17) is 0 Å². The van der Waals surface area contributed by atoms with Crippen molar-refractivity contribution in [3.63, 3.8) is 0 Å². The first-order valence-electron chi connectivity index (χ1n) is 12.5. The molecule has 5 rings (SSSR count). The molecule has 2 atom stereocenters. The van der Waals surface area contributed by atoms with Gasteiger partial charge in [-0.25, -0.2) is 0 Å². The van der Waals surface area contributed by atoms with E-state index in [0.717, 1.165) is 23.9 Å². The SMILES string of the molecule is CN(C)Cc1ccc(NC(=O)c2ccc(C3C[C@H]3C(=O)Nc3ccc4cncc(C(F)(F)F)c4c3)cc2)cc1. The molecule has 1 aliphatic rings. The zero-order valence-corrected chi connectivity index (χ0v) is 21.4. The fourth-order valence-electron chi connectivity index (χ4n) is 4.70. The molecule has 200 valence electrons. The van der Waals surface area contributed by atoms with Crippen molar-refractivity contribution in [2.24, 2.45) is 5.92 Å². The van der Waals surface area contributed by atoms with Crippen LogP contribution < -0.4 is 10.6 Å². The highest BCUT2D eigenvalue weighted by Gasteiger charge is 2.44. The Bertz CT molecular complexity index is 1520. The molecule has 1 heterocycles. The number of anilines is 2. The molecule has 1 unspecified atom stereocenters. The van der Waals surface area contributed by atoms with Crippen molar-refractivity contribution in [1.82, 2.24) is 9.88 Å². The number of hydrogen-bond acceptors (Lipinski definition) is 4. The maximum absolute atomic E-state index is 13.4. The largest absolute Gasteiger partial charge is 0.418 e. The standard InChI is InChI=1S/C30H27F3N4O2/c1-37(2)17-18-3-10-22(11-4-18)35-28(38)20-7-5-19(6-8-20)24-14-26(24)29(39)36-23-12-9-21-15-34-16-27(25(21)13-23)30(31,32)33/h3-13,15-16,24,26H,14,17H2,1-2H3,(H,35,38)(H,36,39)/t24?,26-/m1/s1. The van der Waals surface area contributed by atoms with E-state index in [-0.39, 0.29) is 29.0 Å². The third-order valence-electron chi connectivity index (χ3n) is 6.77. The average molecular weight is 533 g/mol. The van der Waals surface area contributed by atoms with Crippen LogP contribution in [0.3, 0.4) is 0 Å². The van der Waals surface area contributed by atoms with Gasteiger partial charge in [0.05, 0.1) is 5.56 Å². The molecule has 4 aromatic rings. The molecule has 0 bridgehead atoms. The molecule has 9 heteroatoms. The second kappa shape index (κ2) is 10.5. The Morgan fingerprint density at radius 1 is 0.923 bits per heavy atom. The van der Waals surface area contributed by atoms with Gasteiger partial charge < -0.3 is 15.5 Å². The molecule has 0 saturated heterocycles. The van der Waals surface area contributed by atoms with Gasteiger partial charge >= 0.3 is 6.18 Å². The highest BCUT2D eigenvalue weighted by atomic mass is 19.4. The minimum atomic E-state index is -4.55. The highest BCUT2D eigenvalue weighted by molar-refractivity contribution is 6.04. The van der Waals surface area contributed by atoms with Crippen LogP contribution in [0.5, 0.6) is 0 Å². The van der Waals surface area contributed by atoms with Crippen LogP contribution in [0.1, 0.15) is 39.4 Å². The molecule has 0 aliphatic heterocycles. The van der Waals surface area contributed by atoms with Gasteiger partial charge in [-0.1, -0.05) is 30.3 Å². The van der Waals surface area contributed by atoms with Gasteiger partial charge in [0.25, 0.3) is 5.91 Å². The first-order chi connectivity index (χ1) is 18.6. The maximum atomic E-state index is 13.4. The first kappa shape index (κ1) is 26.4. The summed E-state index contributed by atoms with van der Waals surface area (Å²) in [5, 5.41) is 5.98. The lowest BCUT2D eigenvalue weighted by Gasteiger charge is -2.12. The zero-order valence-electron chi connectivity index (χ0n) is 21.4. The fraction of sp³-hybridized carbons (Fsp3) is 0.233. The summed E-state index contributed by atoms with van der Waals surface area (Å²) in [5.74, 6) is -0.777. The summed E-state index contributed by atoms with van der Waals surface area (Å²) in [4.78, 5) is 31.2. The van der Waals surface area contributed by atoms with Gasteiger partial charge in [0.1, 0.15) is 0 Å². The molecule has 0 radical (unpaired) electrons. The van der Waals surface area contributed by atoms with Crippen LogP contribution in [0, 0.1) is 5.92 Å². The monoisotopic (exact) mass is 532 g/mol. The molecule has 39 heavy (non-hydrogen) atoms. The Morgan fingerprint density at radius 2 is 1.62 bits per heavy atom. The van der Waals surface area contributed by atoms with Crippen molar-refractivity contribution >= 4 is 34.0 Å². The molecule has 0 spiro atoms. The van der Waals surface area contributed by atoms with Crippen LogP contribution in [-0.2, 0) is 17.5 Å². The Morgan fingerprint density at radius 3 is 2.28 bits per heavy atom. The topological polar surface area (TPSA) is 74.3 Å². The van der Waals surface area contributed by atoms with E-state index in [9.17, 15) is 22.8 Å². The van der Waals surface area contributed by atoms with Crippen molar-refractivity contribution in [2.45, 2.75) is 25.1 Å². The molecule has 2 N–H and O–H groups in total. The summed E-state index contributed by atoms with van der Waals surface area (Å²) in [5.41, 5.74) is 2.75.